The molecule has 0 aliphatic rings. The summed E-state index contributed by atoms with van der Waals surface area (Å²) in [5.74, 6) is 0.241. The van der Waals surface area contributed by atoms with E-state index in [-0.39, 0.29) is 12.6 Å². The second kappa shape index (κ2) is 7.14. The maximum Gasteiger partial charge on any atom is 0.344 e. The van der Waals surface area contributed by atoms with Crippen LogP contribution in [-0.2, 0) is 9.53 Å². The number of ether oxygens (including phenoxy) is 2. The number of carbonyl (C=O) groups excluding carboxylic acids is 1. The third-order valence-electron chi connectivity index (χ3n) is 2.04. The lowest BCUT2D eigenvalue weighted by molar-refractivity contribution is -0.858. The molecule has 1 aromatic carbocycles. The van der Waals surface area contributed by atoms with Crippen LogP contribution in [0.5, 0.6) is 5.75 Å². The quantitative estimate of drug-likeness (QED) is 0.752. The lowest BCUT2D eigenvalue weighted by Gasteiger charge is -2.09. The van der Waals surface area contributed by atoms with Crippen LogP contribution in [0.15, 0.2) is 24.3 Å². The van der Waals surface area contributed by atoms with Gasteiger partial charge in [0.15, 0.2) is 6.61 Å². The van der Waals surface area contributed by atoms with Gasteiger partial charge >= 0.3 is 5.97 Å². The first-order valence-electron chi connectivity index (χ1n) is 5.41. The summed E-state index contributed by atoms with van der Waals surface area (Å²) in [6.07, 6.45) is 0. The van der Waals surface area contributed by atoms with Crippen LogP contribution in [0.1, 0.15) is 0 Å². The molecule has 0 aromatic heterocycles. The van der Waals surface area contributed by atoms with Gasteiger partial charge in [0.25, 0.3) is 0 Å². The van der Waals surface area contributed by atoms with Crippen LogP contribution in [0.3, 0.4) is 0 Å². The average Bonchev–Trinajstić information content (AvgIpc) is 2.28. The van der Waals surface area contributed by atoms with Gasteiger partial charge in [-0.2, -0.15) is 0 Å². The Morgan fingerprint density at radius 1 is 1.29 bits per heavy atom. The molecule has 94 valence electrons. The lowest BCUT2D eigenvalue weighted by Crippen LogP contribution is -3.06. The topological polar surface area (TPSA) is 40.0 Å². The van der Waals surface area contributed by atoms with Crippen LogP contribution in [-0.4, -0.2) is 39.8 Å². The third kappa shape index (κ3) is 6.14. The monoisotopic (exact) mass is 258 g/mol. The van der Waals surface area contributed by atoms with Crippen LogP contribution in [0, 0.1) is 0 Å². The van der Waals surface area contributed by atoms with Gasteiger partial charge < -0.3 is 14.4 Å². The van der Waals surface area contributed by atoms with E-state index in [1.165, 1.54) is 4.90 Å². The zero-order valence-corrected chi connectivity index (χ0v) is 10.8. The van der Waals surface area contributed by atoms with Crippen molar-refractivity contribution in [3.05, 3.63) is 29.3 Å². The van der Waals surface area contributed by atoms with Crippen molar-refractivity contribution >= 4 is 17.6 Å². The van der Waals surface area contributed by atoms with E-state index in [1.807, 2.05) is 14.1 Å². The predicted octanol–water partition coefficient (Wildman–Crippen LogP) is 0.407. The van der Waals surface area contributed by atoms with Crippen LogP contribution in [0.2, 0.25) is 5.02 Å². The van der Waals surface area contributed by atoms with Crippen molar-refractivity contribution in [1.82, 2.24) is 0 Å². The second-order valence-electron chi connectivity index (χ2n) is 3.92. The van der Waals surface area contributed by atoms with Crippen molar-refractivity contribution in [3.8, 4) is 5.75 Å². The minimum atomic E-state index is -0.360. The highest BCUT2D eigenvalue weighted by Crippen LogP contribution is 2.15. The standard InChI is InChI=1S/C12H16ClNO3/c1-14(2)7-8-16-12(15)9-17-11-5-3-10(13)4-6-11/h3-6H,7-9H2,1-2H3/p+1. The maximum atomic E-state index is 11.3. The number of hydrogen-bond donors (Lipinski definition) is 1. The Labute approximate surface area is 106 Å². The van der Waals surface area contributed by atoms with E-state index in [0.29, 0.717) is 17.4 Å². The number of halogens is 1. The Kier molecular flexibility index (Phi) is 5.80. The molecule has 1 N–H and O–H groups in total. The fourth-order valence-electron chi connectivity index (χ4n) is 1.08. The van der Waals surface area contributed by atoms with Gasteiger partial charge in [-0.15, -0.1) is 0 Å². The van der Waals surface area contributed by atoms with Crippen molar-refractivity contribution in [2.75, 3.05) is 33.9 Å². The number of likely N-dealkylation sites (N-methyl/N-ethyl adjacent to an activating group) is 1. The first-order valence-corrected chi connectivity index (χ1v) is 5.79. The number of quaternary nitrogens is 1. The molecule has 0 fully saturated rings. The van der Waals surface area contributed by atoms with Gasteiger partial charge in [-0.1, -0.05) is 11.6 Å². The van der Waals surface area contributed by atoms with Gasteiger partial charge in [0.1, 0.15) is 18.9 Å². The van der Waals surface area contributed by atoms with Gasteiger partial charge in [-0.05, 0) is 24.3 Å². The van der Waals surface area contributed by atoms with Crippen LogP contribution in [0.4, 0.5) is 0 Å². The van der Waals surface area contributed by atoms with E-state index in [4.69, 9.17) is 21.1 Å². The first-order chi connectivity index (χ1) is 8.08. The number of rotatable bonds is 6. The molecule has 0 unspecified atom stereocenters. The highest BCUT2D eigenvalue weighted by atomic mass is 35.5. The van der Waals surface area contributed by atoms with E-state index in [1.54, 1.807) is 24.3 Å². The maximum absolute atomic E-state index is 11.3. The van der Waals surface area contributed by atoms with Crippen LogP contribution >= 0.6 is 11.6 Å². The molecule has 0 saturated carbocycles. The number of nitrogens with one attached hydrogen (secondary N) is 1. The molecular formula is C12H17ClNO3+. The Bertz CT molecular complexity index is 351. The van der Waals surface area contributed by atoms with Crippen molar-refractivity contribution < 1.29 is 19.2 Å². The summed E-state index contributed by atoms with van der Waals surface area (Å²) in [6.45, 7) is 1.11. The third-order valence-corrected chi connectivity index (χ3v) is 2.29. The molecule has 0 spiro atoms. The summed E-state index contributed by atoms with van der Waals surface area (Å²) in [7, 11) is 4.00. The molecule has 0 heterocycles. The number of esters is 1. The lowest BCUT2D eigenvalue weighted by atomic mass is 10.3. The summed E-state index contributed by atoms with van der Waals surface area (Å²) in [5.41, 5.74) is 0. The van der Waals surface area contributed by atoms with E-state index >= 15 is 0 Å². The second-order valence-corrected chi connectivity index (χ2v) is 4.36. The SMILES string of the molecule is C[NH+](C)CCOC(=O)COc1ccc(Cl)cc1. The molecule has 5 heteroatoms. The fraction of sp³-hybridized carbons (Fsp3) is 0.417. The molecule has 0 atom stereocenters. The smallest absolute Gasteiger partial charge is 0.344 e. The predicted molar refractivity (Wildman–Crippen MR) is 65.6 cm³/mol. The molecule has 0 aliphatic heterocycles. The molecular weight excluding hydrogens is 242 g/mol. The average molecular weight is 259 g/mol. The van der Waals surface area contributed by atoms with Crippen LogP contribution < -0.4 is 9.64 Å². The molecule has 0 aliphatic carbocycles. The largest absolute Gasteiger partial charge is 0.482 e. The summed E-state index contributed by atoms with van der Waals surface area (Å²) in [5, 5.41) is 0.633. The van der Waals surface area contributed by atoms with E-state index < -0.39 is 0 Å². The molecule has 17 heavy (non-hydrogen) atoms. The van der Waals surface area contributed by atoms with Crippen LogP contribution in [0.25, 0.3) is 0 Å². The summed E-state index contributed by atoms with van der Waals surface area (Å²) in [4.78, 5) is 12.5. The van der Waals surface area contributed by atoms with Gasteiger partial charge in [0.05, 0.1) is 14.1 Å². The molecule has 0 amide bonds. The highest BCUT2D eigenvalue weighted by Gasteiger charge is 2.05. The van der Waals surface area contributed by atoms with E-state index in [2.05, 4.69) is 0 Å². The zero-order valence-electron chi connectivity index (χ0n) is 10.0. The van der Waals surface area contributed by atoms with E-state index in [0.717, 1.165) is 6.54 Å². The minimum absolute atomic E-state index is 0.0790. The Balaban J connectivity index is 2.21. The molecule has 0 saturated heterocycles. The number of carbonyl (C=O) groups is 1. The Hall–Kier alpha value is -1.26. The normalized spacial score (nSPS) is 10.4. The minimum Gasteiger partial charge on any atom is -0.482 e. The Morgan fingerprint density at radius 3 is 2.53 bits per heavy atom. The summed E-state index contributed by atoms with van der Waals surface area (Å²) in [6, 6.07) is 6.83. The molecule has 1 aromatic rings. The van der Waals surface area contributed by atoms with Crippen molar-refractivity contribution in [1.29, 1.82) is 0 Å². The van der Waals surface area contributed by atoms with Gasteiger partial charge in [0, 0.05) is 5.02 Å². The highest BCUT2D eigenvalue weighted by molar-refractivity contribution is 6.30. The van der Waals surface area contributed by atoms with Gasteiger partial charge in [-0.25, -0.2) is 4.79 Å². The van der Waals surface area contributed by atoms with Gasteiger partial charge in [-0.3, -0.25) is 0 Å². The molecule has 0 radical (unpaired) electrons. The Morgan fingerprint density at radius 2 is 1.94 bits per heavy atom. The zero-order chi connectivity index (χ0) is 12.7. The molecule has 0 bridgehead atoms. The summed E-state index contributed by atoms with van der Waals surface area (Å²) < 4.78 is 10.2. The van der Waals surface area contributed by atoms with E-state index in [9.17, 15) is 4.79 Å². The van der Waals surface area contributed by atoms with Crippen molar-refractivity contribution in [2.24, 2.45) is 0 Å². The summed E-state index contributed by atoms with van der Waals surface area (Å²) >= 11 is 5.72. The number of benzene rings is 1. The van der Waals surface area contributed by atoms with Gasteiger partial charge in [0.2, 0.25) is 0 Å². The fourth-order valence-corrected chi connectivity index (χ4v) is 1.21. The number of hydrogen-bond acceptors (Lipinski definition) is 3. The first kappa shape index (κ1) is 13.8. The molecule has 4 nitrogen and oxygen atoms in total. The molecule has 1 rings (SSSR count). The van der Waals surface area contributed by atoms with Crippen molar-refractivity contribution in [3.63, 3.8) is 0 Å². The van der Waals surface area contributed by atoms with Crippen molar-refractivity contribution in [2.45, 2.75) is 0 Å².